The van der Waals surface area contributed by atoms with Gasteiger partial charge in [-0.15, -0.1) is 0 Å². The Kier molecular flexibility index (Phi) is 4.46. The molecule has 1 aromatic heterocycles. The summed E-state index contributed by atoms with van der Waals surface area (Å²) < 4.78 is 4.88. The highest BCUT2D eigenvalue weighted by atomic mass is 35.5. The topological polar surface area (TPSA) is 62.5 Å². The minimum Gasteiger partial charge on any atom is -0.452 e. The summed E-state index contributed by atoms with van der Waals surface area (Å²) in [5.74, 6) is 5.04. The van der Waals surface area contributed by atoms with E-state index in [2.05, 4.69) is 17.2 Å². The fourth-order valence-corrected chi connectivity index (χ4v) is 1.87. The predicted molar refractivity (Wildman–Crippen MR) is 76.8 cm³/mol. The Morgan fingerprint density at radius 1 is 1.45 bits per heavy atom. The van der Waals surface area contributed by atoms with Crippen molar-refractivity contribution in [3.63, 3.8) is 0 Å². The van der Waals surface area contributed by atoms with E-state index < -0.39 is 0 Å². The molecule has 1 amide bonds. The number of benzene rings is 1. The van der Waals surface area contributed by atoms with E-state index >= 15 is 0 Å². The maximum absolute atomic E-state index is 12.0. The van der Waals surface area contributed by atoms with Gasteiger partial charge in [0.2, 0.25) is 5.22 Å². The average Bonchev–Trinajstić information content (AvgIpc) is 2.85. The molecule has 0 unspecified atom stereocenters. The second-order valence-corrected chi connectivity index (χ2v) is 4.39. The first-order valence-corrected chi connectivity index (χ1v) is 6.24. The van der Waals surface area contributed by atoms with Gasteiger partial charge in [-0.2, -0.15) is 0 Å². The summed E-state index contributed by atoms with van der Waals surface area (Å²) in [5, 5.41) is 11.5. The molecule has 0 aliphatic heterocycles. The van der Waals surface area contributed by atoms with Gasteiger partial charge in [0.25, 0.3) is 5.91 Å². The van der Waals surface area contributed by atoms with Crippen LogP contribution in [0.4, 0.5) is 5.69 Å². The lowest BCUT2D eigenvalue weighted by molar-refractivity contribution is 0.102. The molecule has 1 heterocycles. The number of carbonyl (C=O) groups is 1. The normalized spacial score (nSPS) is 9.75. The van der Waals surface area contributed by atoms with Crippen LogP contribution in [0.3, 0.4) is 0 Å². The average molecular weight is 290 g/mol. The van der Waals surface area contributed by atoms with Crippen LogP contribution >= 0.6 is 11.6 Å². The molecular weight excluding hydrogens is 278 g/mol. The van der Waals surface area contributed by atoms with Crippen LogP contribution < -0.4 is 5.32 Å². The van der Waals surface area contributed by atoms with Gasteiger partial charge in [0, 0.05) is 11.3 Å². The van der Waals surface area contributed by atoms with E-state index in [1.807, 2.05) is 13.0 Å². The minimum absolute atomic E-state index is 0.0607. The third-order valence-corrected chi connectivity index (χ3v) is 2.94. The number of rotatable bonds is 2. The summed E-state index contributed by atoms with van der Waals surface area (Å²) in [7, 11) is 0. The largest absolute Gasteiger partial charge is 0.452 e. The Hall–Kier alpha value is -2.22. The third-order valence-electron chi connectivity index (χ3n) is 2.65. The third kappa shape index (κ3) is 3.21. The van der Waals surface area contributed by atoms with Gasteiger partial charge >= 0.3 is 0 Å². The molecule has 102 valence electrons. The highest BCUT2D eigenvalue weighted by molar-refractivity contribution is 6.32. The Morgan fingerprint density at radius 3 is 2.85 bits per heavy atom. The van der Waals surface area contributed by atoms with Crippen molar-refractivity contribution in [1.29, 1.82) is 0 Å². The number of aliphatic hydroxyl groups excluding tert-OH is 1. The first kappa shape index (κ1) is 14.2. The van der Waals surface area contributed by atoms with Crippen LogP contribution in [0.1, 0.15) is 21.5 Å². The van der Waals surface area contributed by atoms with E-state index in [1.165, 1.54) is 12.3 Å². The molecule has 0 saturated heterocycles. The number of halogens is 1. The van der Waals surface area contributed by atoms with Crippen molar-refractivity contribution >= 4 is 23.2 Å². The van der Waals surface area contributed by atoms with E-state index in [0.29, 0.717) is 5.69 Å². The quantitative estimate of drug-likeness (QED) is 0.836. The van der Waals surface area contributed by atoms with E-state index in [1.54, 1.807) is 12.1 Å². The van der Waals surface area contributed by atoms with Gasteiger partial charge < -0.3 is 14.8 Å². The summed E-state index contributed by atoms with van der Waals surface area (Å²) in [5.41, 5.74) is 2.59. The minimum atomic E-state index is -0.332. The SMILES string of the molecule is Cc1cc(C#CCO)ccc1NC(=O)c1ccoc1Cl. The molecule has 4 nitrogen and oxygen atoms in total. The molecule has 2 N–H and O–H groups in total. The summed E-state index contributed by atoms with van der Waals surface area (Å²) >= 11 is 5.75. The predicted octanol–water partition coefficient (Wildman–Crippen LogP) is 2.84. The number of anilines is 1. The fraction of sp³-hybridized carbons (Fsp3) is 0.133. The summed E-state index contributed by atoms with van der Waals surface area (Å²) in [4.78, 5) is 12.0. The van der Waals surface area contributed by atoms with Crippen LogP contribution in [0.5, 0.6) is 0 Å². The van der Waals surface area contributed by atoms with Crippen LogP contribution in [-0.4, -0.2) is 17.6 Å². The van der Waals surface area contributed by atoms with Crippen LogP contribution in [0, 0.1) is 18.8 Å². The lowest BCUT2D eigenvalue weighted by atomic mass is 10.1. The molecule has 0 atom stereocenters. The number of hydrogen-bond donors (Lipinski definition) is 2. The number of amides is 1. The van der Waals surface area contributed by atoms with E-state index in [-0.39, 0.29) is 23.3 Å². The lowest BCUT2D eigenvalue weighted by Crippen LogP contribution is -2.12. The molecule has 0 aliphatic carbocycles. The molecule has 0 saturated carbocycles. The van der Waals surface area contributed by atoms with Crippen LogP contribution in [0.25, 0.3) is 0 Å². The summed E-state index contributed by atoms with van der Waals surface area (Å²) in [6.07, 6.45) is 1.36. The monoisotopic (exact) mass is 289 g/mol. The Bertz CT molecular complexity index is 695. The van der Waals surface area contributed by atoms with Gasteiger partial charge in [-0.05, 0) is 48.4 Å². The van der Waals surface area contributed by atoms with Crippen molar-refractivity contribution in [3.05, 3.63) is 52.4 Å². The van der Waals surface area contributed by atoms with Crippen molar-refractivity contribution in [3.8, 4) is 11.8 Å². The molecule has 2 aromatic rings. The summed E-state index contributed by atoms with van der Waals surface area (Å²) in [6.45, 7) is 1.67. The molecule has 0 aliphatic rings. The molecule has 0 radical (unpaired) electrons. The fourth-order valence-electron chi connectivity index (χ4n) is 1.67. The van der Waals surface area contributed by atoms with Gasteiger partial charge in [0.05, 0.1) is 11.8 Å². The first-order valence-electron chi connectivity index (χ1n) is 5.86. The van der Waals surface area contributed by atoms with Gasteiger partial charge in [0.1, 0.15) is 6.61 Å². The van der Waals surface area contributed by atoms with Crippen molar-refractivity contribution in [2.75, 3.05) is 11.9 Å². The Balaban J connectivity index is 2.18. The molecule has 0 bridgehead atoms. The number of hydrogen-bond acceptors (Lipinski definition) is 3. The first-order chi connectivity index (χ1) is 9.61. The van der Waals surface area contributed by atoms with Crippen molar-refractivity contribution < 1.29 is 14.3 Å². The van der Waals surface area contributed by atoms with E-state index in [4.69, 9.17) is 21.1 Å². The molecule has 0 fully saturated rings. The highest BCUT2D eigenvalue weighted by Gasteiger charge is 2.13. The van der Waals surface area contributed by atoms with E-state index in [0.717, 1.165) is 11.1 Å². The van der Waals surface area contributed by atoms with Crippen molar-refractivity contribution in [2.24, 2.45) is 0 Å². The van der Waals surface area contributed by atoms with Gasteiger partial charge in [-0.3, -0.25) is 4.79 Å². The van der Waals surface area contributed by atoms with Gasteiger partial charge in [-0.1, -0.05) is 11.8 Å². The molecule has 0 spiro atoms. The van der Waals surface area contributed by atoms with Crippen LogP contribution in [0.2, 0.25) is 5.22 Å². The Labute approximate surface area is 121 Å². The second-order valence-electron chi connectivity index (χ2n) is 4.05. The van der Waals surface area contributed by atoms with Crippen LogP contribution in [-0.2, 0) is 0 Å². The molecular formula is C15H12ClNO3. The summed E-state index contributed by atoms with van der Waals surface area (Å²) in [6, 6.07) is 6.86. The molecule has 5 heteroatoms. The number of aliphatic hydroxyl groups is 1. The van der Waals surface area contributed by atoms with Crippen molar-refractivity contribution in [2.45, 2.75) is 6.92 Å². The van der Waals surface area contributed by atoms with Crippen molar-refractivity contribution in [1.82, 2.24) is 0 Å². The Morgan fingerprint density at radius 2 is 2.25 bits per heavy atom. The highest BCUT2D eigenvalue weighted by Crippen LogP contribution is 2.21. The zero-order valence-corrected chi connectivity index (χ0v) is 11.5. The lowest BCUT2D eigenvalue weighted by Gasteiger charge is -2.08. The van der Waals surface area contributed by atoms with Gasteiger partial charge in [-0.25, -0.2) is 0 Å². The second kappa shape index (κ2) is 6.29. The van der Waals surface area contributed by atoms with E-state index in [9.17, 15) is 4.79 Å². The number of furan rings is 1. The maximum atomic E-state index is 12.0. The number of carbonyl (C=O) groups excluding carboxylic acids is 1. The smallest absolute Gasteiger partial charge is 0.260 e. The molecule has 1 aromatic carbocycles. The molecule has 20 heavy (non-hydrogen) atoms. The zero-order chi connectivity index (χ0) is 14.5. The maximum Gasteiger partial charge on any atom is 0.260 e. The standard InChI is InChI=1S/C15H12ClNO3/c1-10-9-11(3-2-7-18)4-5-13(10)17-15(19)12-6-8-20-14(12)16/h4-6,8-9,18H,7H2,1H3,(H,17,19). The zero-order valence-electron chi connectivity index (χ0n) is 10.7. The number of aryl methyl sites for hydroxylation is 1. The van der Waals surface area contributed by atoms with Crippen LogP contribution in [0.15, 0.2) is 34.9 Å². The number of nitrogens with one attached hydrogen (secondary N) is 1. The van der Waals surface area contributed by atoms with Gasteiger partial charge in [0.15, 0.2) is 0 Å². The molecule has 2 rings (SSSR count).